The second kappa shape index (κ2) is 7.21. The summed E-state index contributed by atoms with van der Waals surface area (Å²) in [7, 11) is 0. The first kappa shape index (κ1) is 14.8. The number of carboxylic acids is 1. The van der Waals surface area contributed by atoms with Crippen molar-refractivity contribution in [1.82, 2.24) is 0 Å². The van der Waals surface area contributed by atoms with Gasteiger partial charge in [-0.1, -0.05) is 42.5 Å². The van der Waals surface area contributed by atoms with E-state index in [2.05, 4.69) is 0 Å². The number of aromatic carboxylic acids is 1. The van der Waals surface area contributed by atoms with E-state index in [1.54, 1.807) is 18.2 Å². The number of carbonyl (C=O) groups excluding carboxylic acids is 1. The van der Waals surface area contributed by atoms with Crippen molar-refractivity contribution in [2.75, 3.05) is 0 Å². The van der Waals surface area contributed by atoms with Crippen LogP contribution in [0.25, 0.3) is 0 Å². The van der Waals surface area contributed by atoms with Crippen LogP contribution in [0, 0.1) is 0 Å². The van der Waals surface area contributed by atoms with E-state index in [-0.39, 0.29) is 35.1 Å². The molecular formula is C14H11NaO3. The van der Waals surface area contributed by atoms with Gasteiger partial charge in [-0.05, 0) is 17.7 Å². The SMILES string of the molecule is O=C([O-])c1ccccc1OCc1ccccc1.[Na+]. The molecule has 2 aromatic carbocycles. The third kappa shape index (κ3) is 3.88. The van der Waals surface area contributed by atoms with Gasteiger partial charge in [0.2, 0.25) is 0 Å². The van der Waals surface area contributed by atoms with Crippen LogP contribution in [-0.2, 0) is 6.61 Å². The van der Waals surface area contributed by atoms with Crippen LogP contribution in [0.1, 0.15) is 15.9 Å². The van der Waals surface area contributed by atoms with E-state index in [0.717, 1.165) is 5.56 Å². The minimum Gasteiger partial charge on any atom is -0.545 e. The monoisotopic (exact) mass is 250 g/mol. The summed E-state index contributed by atoms with van der Waals surface area (Å²) in [6, 6.07) is 16.0. The zero-order valence-electron chi connectivity index (χ0n) is 10.1. The summed E-state index contributed by atoms with van der Waals surface area (Å²) < 4.78 is 5.46. The molecule has 0 aliphatic carbocycles. The van der Waals surface area contributed by atoms with Crippen LogP contribution >= 0.6 is 0 Å². The van der Waals surface area contributed by atoms with Crippen LogP contribution in [0.4, 0.5) is 0 Å². The second-order valence-corrected chi connectivity index (χ2v) is 3.56. The number of hydrogen-bond donors (Lipinski definition) is 0. The maximum absolute atomic E-state index is 10.8. The number of carbonyl (C=O) groups is 1. The molecule has 0 unspecified atom stereocenters. The van der Waals surface area contributed by atoms with Gasteiger partial charge in [-0.15, -0.1) is 0 Å². The first-order chi connectivity index (χ1) is 8.27. The Morgan fingerprint density at radius 1 is 1.00 bits per heavy atom. The number of para-hydroxylation sites is 1. The molecule has 0 amide bonds. The molecule has 0 bridgehead atoms. The van der Waals surface area contributed by atoms with Gasteiger partial charge in [0.25, 0.3) is 0 Å². The standard InChI is InChI=1S/C14H12O3.Na/c15-14(16)12-8-4-5-9-13(12)17-10-11-6-2-1-3-7-11;/h1-9H,10H2,(H,15,16);/q;+1/p-1. The van der Waals surface area contributed by atoms with Crippen molar-refractivity contribution in [3.63, 3.8) is 0 Å². The van der Waals surface area contributed by atoms with Gasteiger partial charge in [0.1, 0.15) is 12.4 Å². The number of carboxylic acid groups (broad SMARTS) is 1. The third-order valence-electron chi connectivity index (χ3n) is 2.34. The van der Waals surface area contributed by atoms with Crippen molar-refractivity contribution in [2.24, 2.45) is 0 Å². The van der Waals surface area contributed by atoms with Gasteiger partial charge in [-0.25, -0.2) is 0 Å². The predicted octanol–water partition coefficient (Wildman–Crippen LogP) is -1.37. The molecule has 0 spiro atoms. The number of ether oxygens (including phenoxy) is 1. The number of hydrogen-bond acceptors (Lipinski definition) is 3. The Labute approximate surface area is 128 Å². The van der Waals surface area contributed by atoms with E-state index in [9.17, 15) is 9.90 Å². The minimum absolute atomic E-state index is 0. The van der Waals surface area contributed by atoms with Crippen molar-refractivity contribution in [2.45, 2.75) is 6.61 Å². The van der Waals surface area contributed by atoms with Gasteiger partial charge in [-0.2, -0.15) is 0 Å². The maximum atomic E-state index is 10.8. The average molecular weight is 250 g/mol. The minimum atomic E-state index is -1.23. The van der Waals surface area contributed by atoms with Crippen molar-refractivity contribution >= 4 is 5.97 Å². The molecule has 86 valence electrons. The van der Waals surface area contributed by atoms with Crippen LogP contribution in [0.3, 0.4) is 0 Å². The van der Waals surface area contributed by atoms with Gasteiger partial charge in [0, 0.05) is 5.56 Å². The number of benzene rings is 2. The topological polar surface area (TPSA) is 49.4 Å². The summed E-state index contributed by atoms with van der Waals surface area (Å²) in [6.07, 6.45) is 0. The second-order valence-electron chi connectivity index (χ2n) is 3.56. The van der Waals surface area contributed by atoms with E-state index < -0.39 is 5.97 Å². The Bertz CT molecular complexity index is 511. The van der Waals surface area contributed by atoms with Crippen molar-refractivity contribution in [1.29, 1.82) is 0 Å². The zero-order chi connectivity index (χ0) is 12.1. The van der Waals surface area contributed by atoms with E-state index in [0.29, 0.717) is 12.4 Å². The van der Waals surface area contributed by atoms with E-state index >= 15 is 0 Å². The molecule has 3 nitrogen and oxygen atoms in total. The fraction of sp³-hybridized carbons (Fsp3) is 0.0714. The molecule has 0 saturated carbocycles. The Balaban J connectivity index is 0.00000162. The van der Waals surface area contributed by atoms with Crippen LogP contribution in [0.2, 0.25) is 0 Å². The zero-order valence-corrected chi connectivity index (χ0v) is 12.1. The average Bonchev–Trinajstić information content (AvgIpc) is 2.38. The molecule has 2 aromatic rings. The summed E-state index contributed by atoms with van der Waals surface area (Å²) in [6.45, 7) is 0.338. The molecular weight excluding hydrogens is 239 g/mol. The van der Waals surface area contributed by atoms with Crippen molar-refractivity contribution < 1.29 is 44.2 Å². The quantitative estimate of drug-likeness (QED) is 0.629. The van der Waals surface area contributed by atoms with Crippen molar-refractivity contribution in [3.05, 3.63) is 65.7 Å². The summed E-state index contributed by atoms with van der Waals surface area (Å²) >= 11 is 0. The molecule has 0 aromatic heterocycles. The smallest absolute Gasteiger partial charge is 0.545 e. The normalized spacial score (nSPS) is 9.33. The first-order valence-electron chi connectivity index (χ1n) is 5.24. The fourth-order valence-corrected chi connectivity index (χ4v) is 1.50. The molecule has 0 radical (unpaired) electrons. The van der Waals surface area contributed by atoms with Gasteiger partial charge in [0.15, 0.2) is 0 Å². The molecule has 0 heterocycles. The van der Waals surface area contributed by atoms with Crippen LogP contribution < -0.4 is 39.4 Å². The Kier molecular flexibility index (Phi) is 5.92. The molecule has 0 aliphatic heterocycles. The van der Waals surface area contributed by atoms with Gasteiger partial charge in [0.05, 0.1) is 5.97 Å². The fourth-order valence-electron chi connectivity index (χ4n) is 1.50. The first-order valence-corrected chi connectivity index (χ1v) is 5.24. The van der Waals surface area contributed by atoms with Crippen molar-refractivity contribution in [3.8, 4) is 5.75 Å². The third-order valence-corrected chi connectivity index (χ3v) is 2.34. The van der Waals surface area contributed by atoms with E-state index in [1.807, 2.05) is 30.3 Å². The largest absolute Gasteiger partial charge is 1.00 e. The Hall–Kier alpha value is -1.29. The number of rotatable bonds is 4. The van der Waals surface area contributed by atoms with Gasteiger partial charge in [-0.3, -0.25) is 0 Å². The molecule has 0 atom stereocenters. The van der Waals surface area contributed by atoms with Gasteiger partial charge >= 0.3 is 29.6 Å². The Morgan fingerprint density at radius 2 is 1.61 bits per heavy atom. The summed E-state index contributed by atoms with van der Waals surface area (Å²) in [4.78, 5) is 10.8. The molecule has 0 aliphatic rings. The van der Waals surface area contributed by atoms with Crippen LogP contribution in [0.15, 0.2) is 54.6 Å². The maximum Gasteiger partial charge on any atom is 1.00 e. The van der Waals surface area contributed by atoms with Crippen LogP contribution in [0.5, 0.6) is 5.75 Å². The molecule has 0 saturated heterocycles. The summed E-state index contributed by atoms with van der Waals surface area (Å²) in [5.74, 6) is -0.898. The molecule has 2 rings (SSSR count). The molecule has 18 heavy (non-hydrogen) atoms. The predicted molar refractivity (Wildman–Crippen MR) is 61.5 cm³/mol. The molecule has 4 heteroatoms. The van der Waals surface area contributed by atoms with E-state index in [1.165, 1.54) is 6.07 Å². The molecule has 0 N–H and O–H groups in total. The molecule has 0 fully saturated rings. The van der Waals surface area contributed by atoms with Crippen LogP contribution in [-0.4, -0.2) is 5.97 Å². The Morgan fingerprint density at radius 3 is 2.28 bits per heavy atom. The summed E-state index contributed by atoms with van der Waals surface area (Å²) in [5.41, 5.74) is 1.06. The van der Waals surface area contributed by atoms with Gasteiger partial charge < -0.3 is 14.6 Å². The van der Waals surface area contributed by atoms with E-state index in [4.69, 9.17) is 4.74 Å². The summed E-state index contributed by atoms with van der Waals surface area (Å²) in [5, 5.41) is 10.8.